The number of hydrogen-bond donors (Lipinski definition) is 0. The Labute approximate surface area is 113 Å². The third-order valence-electron chi connectivity index (χ3n) is 2.20. The van der Waals surface area contributed by atoms with E-state index >= 15 is 0 Å². The summed E-state index contributed by atoms with van der Waals surface area (Å²) in [6.45, 7) is 12.9. The van der Waals surface area contributed by atoms with Crippen LogP contribution in [0.3, 0.4) is 0 Å². The summed E-state index contributed by atoms with van der Waals surface area (Å²) in [6, 6.07) is 7.69. The molecule has 1 amide bonds. The highest BCUT2D eigenvalue weighted by molar-refractivity contribution is 5.94. The van der Waals surface area contributed by atoms with Crippen LogP contribution in [0.25, 0.3) is 0 Å². The summed E-state index contributed by atoms with van der Waals surface area (Å²) in [6.07, 6.45) is 0.994. The molecular formula is C16H29NO. The van der Waals surface area contributed by atoms with Crippen molar-refractivity contribution in [3.8, 4) is 0 Å². The molecule has 0 bridgehead atoms. The lowest BCUT2D eigenvalue weighted by molar-refractivity contribution is 0.0795. The molecule has 2 nitrogen and oxygen atoms in total. The molecule has 0 atom stereocenters. The number of benzene rings is 1. The normalized spacial score (nSPS) is 8.39. The van der Waals surface area contributed by atoms with E-state index in [0.29, 0.717) is 0 Å². The van der Waals surface area contributed by atoms with Gasteiger partial charge in [0.15, 0.2) is 0 Å². The maximum atomic E-state index is 11.8. The fourth-order valence-corrected chi connectivity index (χ4v) is 1.35. The highest BCUT2D eigenvalue weighted by Crippen LogP contribution is 2.06. The predicted molar refractivity (Wildman–Crippen MR) is 81.1 cm³/mol. The maximum Gasteiger partial charge on any atom is 0.253 e. The first-order chi connectivity index (χ1) is 8.65. The van der Waals surface area contributed by atoms with Gasteiger partial charge in [-0.05, 0) is 25.5 Å². The van der Waals surface area contributed by atoms with Crippen molar-refractivity contribution in [3.63, 3.8) is 0 Å². The molecule has 0 saturated heterocycles. The minimum atomic E-state index is 0.104. The first-order valence-electron chi connectivity index (χ1n) is 6.97. The third-order valence-corrected chi connectivity index (χ3v) is 2.20. The Balaban J connectivity index is 0. The van der Waals surface area contributed by atoms with Crippen molar-refractivity contribution in [2.75, 3.05) is 13.6 Å². The second kappa shape index (κ2) is 12.2. The summed E-state index contributed by atoms with van der Waals surface area (Å²) in [5, 5.41) is 0. The van der Waals surface area contributed by atoms with Crippen LogP contribution in [0.5, 0.6) is 0 Å². The zero-order valence-corrected chi connectivity index (χ0v) is 13.1. The van der Waals surface area contributed by atoms with E-state index in [0.717, 1.165) is 18.5 Å². The van der Waals surface area contributed by atoms with Gasteiger partial charge in [0, 0.05) is 19.2 Å². The smallest absolute Gasteiger partial charge is 0.253 e. The Morgan fingerprint density at radius 1 is 1.06 bits per heavy atom. The maximum absolute atomic E-state index is 11.8. The molecule has 0 aliphatic heterocycles. The molecule has 0 aliphatic rings. The van der Waals surface area contributed by atoms with Crippen LogP contribution in [0.1, 0.15) is 57.0 Å². The number of amides is 1. The Morgan fingerprint density at radius 3 is 1.89 bits per heavy atom. The largest absolute Gasteiger partial charge is 0.342 e. The fraction of sp³-hybridized carbons (Fsp3) is 0.562. The van der Waals surface area contributed by atoms with Gasteiger partial charge >= 0.3 is 0 Å². The van der Waals surface area contributed by atoms with E-state index < -0.39 is 0 Å². The molecular weight excluding hydrogens is 222 g/mol. The van der Waals surface area contributed by atoms with Crippen LogP contribution >= 0.6 is 0 Å². The van der Waals surface area contributed by atoms with Crippen LogP contribution in [0.15, 0.2) is 24.3 Å². The van der Waals surface area contributed by atoms with Gasteiger partial charge in [-0.15, -0.1) is 0 Å². The van der Waals surface area contributed by atoms with Crippen LogP contribution in [0.4, 0.5) is 0 Å². The summed E-state index contributed by atoms with van der Waals surface area (Å²) < 4.78 is 0. The van der Waals surface area contributed by atoms with Crippen molar-refractivity contribution in [2.24, 2.45) is 0 Å². The van der Waals surface area contributed by atoms with Crippen LogP contribution in [0, 0.1) is 6.92 Å². The lowest BCUT2D eigenvalue weighted by Crippen LogP contribution is -2.27. The molecule has 0 fully saturated rings. The van der Waals surface area contributed by atoms with Crippen molar-refractivity contribution in [2.45, 2.75) is 48.0 Å². The van der Waals surface area contributed by atoms with Gasteiger partial charge in [0.25, 0.3) is 5.91 Å². The highest BCUT2D eigenvalue weighted by Gasteiger charge is 2.09. The Bertz CT molecular complexity index is 303. The lowest BCUT2D eigenvalue weighted by atomic mass is 10.1. The number of carbonyl (C=O) groups excluding carboxylic acids is 1. The summed E-state index contributed by atoms with van der Waals surface area (Å²) in [5.74, 6) is 0.104. The Morgan fingerprint density at radius 2 is 1.50 bits per heavy atom. The molecule has 1 aromatic carbocycles. The number of hydrogen-bond acceptors (Lipinski definition) is 1. The molecule has 18 heavy (non-hydrogen) atoms. The van der Waals surface area contributed by atoms with Crippen LogP contribution in [-0.4, -0.2) is 24.4 Å². The fourth-order valence-electron chi connectivity index (χ4n) is 1.35. The topological polar surface area (TPSA) is 20.3 Å². The van der Waals surface area contributed by atoms with Gasteiger partial charge in [0.2, 0.25) is 0 Å². The van der Waals surface area contributed by atoms with Gasteiger partial charge in [-0.3, -0.25) is 4.79 Å². The second-order valence-corrected chi connectivity index (χ2v) is 3.59. The van der Waals surface area contributed by atoms with Gasteiger partial charge in [-0.25, -0.2) is 0 Å². The zero-order valence-electron chi connectivity index (χ0n) is 13.1. The van der Waals surface area contributed by atoms with Crippen molar-refractivity contribution in [1.82, 2.24) is 4.90 Å². The number of rotatable bonds is 3. The monoisotopic (exact) mass is 251 g/mol. The quantitative estimate of drug-likeness (QED) is 0.773. The van der Waals surface area contributed by atoms with Crippen molar-refractivity contribution < 1.29 is 4.79 Å². The molecule has 0 N–H and O–H groups in total. The number of carbonyl (C=O) groups is 1. The van der Waals surface area contributed by atoms with Crippen LogP contribution in [-0.2, 0) is 0 Å². The summed E-state index contributed by atoms with van der Waals surface area (Å²) in [4.78, 5) is 13.5. The van der Waals surface area contributed by atoms with E-state index in [1.807, 2.05) is 65.9 Å². The molecule has 0 saturated carbocycles. The van der Waals surface area contributed by atoms with E-state index in [2.05, 4.69) is 6.92 Å². The molecule has 0 unspecified atom stereocenters. The Kier molecular flexibility index (Phi) is 12.9. The SMILES string of the molecule is CC.CC.CCCN(C)C(=O)c1ccc(C)cc1. The van der Waals surface area contributed by atoms with Gasteiger partial charge in [0.05, 0.1) is 0 Å². The van der Waals surface area contributed by atoms with Gasteiger partial charge < -0.3 is 4.90 Å². The Hall–Kier alpha value is -1.31. The molecule has 1 aromatic rings. The van der Waals surface area contributed by atoms with E-state index in [-0.39, 0.29) is 5.91 Å². The molecule has 104 valence electrons. The average molecular weight is 251 g/mol. The molecule has 0 radical (unpaired) electrons. The summed E-state index contributed by atoms with van der Waals surface area (Å²) in [7, 11) is 1.84. The molecule has 0 aromatic heterocycles. The first kappa shape index (κ1) is 19.0. The lowest BCUT2D eigenvalue weighted by Gasteiger charge is -2.15. The predicted octanol–water partition coefficient (Wildman–Crippen LogP) is 4.53. The van der Waals surface area contributed by atoms with E-state index in [1.54, 1.807) is 4.90 Å². The summed E-state index contributed by atoms with van der Waals surface area (Å²) in [5.41, 5.74) is 1.95. The number of aryl methyl sites for hydroxylation is 1. The van der Waals surface area contributed by atoms with Gasteiger partial charge in [0.1, 0.15) is 0 Å². The highest BCUT2D eigenvalue weighted by atomic mass is 16.2. The third kappa shape index (κ3) is 7.10. The van der Waals surface area contributed by atoms with Crippen LogP contribution in [0.2, 0.25) is 0 Å². The van der Waals surface area contributed by atoms with Gasteiger partial charge in [-0.2, -0.15) is 0 Å². The average Bonchev–Trinajstić information content (AvgIpc) is 2.43. The summed E-state index contributed by atoms with van der Waals surface area (Å²) >= 11 is 0. The van der Waals surface area contributed by atoms with Crippen molar-refractivity contribution in [1.29, 1.82) is 0 Å². The minimum absolute atomic E-state index is 0.104. The zero-order chi connectivity index (χ0) is 14.6. The standard InChI is InChI=1S/C12H17NO.2C2H6/c1-4-9-13(3)12(14)11-7-5-10(2)6-8-11;2*1-2/h5-8H,4,9H2,1-3H3;2*1-2H3. The molecule has 0 heterocycles. The molecule has 0 spiro atoms. The van der Waals surface area contributed by atoms with Crippen molar-refractivity contribution in [3.05, 3.63) is 35.4 Å². The molecule has 1 rings (SSSR count). The molecule has 2 heteroatoms. The minimum Gasteiger partial charge on any atom is -0.342 e. The van der Waals surface area contributed by atoms with Gasteiger partial charge in [-0.1, -0.05) is 52.3 Å². The first-order valence-corrected chi connectivity index (χ1v) is 6.97. The molecule has 0 aliphatic carbocycles. The van der Waals surface area contributed by atoms with E-state index in [1.165, 1.54) is 5.56 Å². The number of nitrogens with zero attached hydrogens (tertiary/aromatic N) is 1. The van der Waals surface area contributed by atoms with Crippen molar-refractivity contribution >= 4 is 5.91 Å². The second-order valence-electron chi connectivity index (χ2n) is 3.59. The van der Waals surface area contributed by atoms with E-state index in [4.69, 9.17) is 0 Å². The van der Waals surface area contributed by atoms with E-state index in [9.17, 15) is 4.79 Å². The van der Waals surface area contributed by atoms with Crippen LogP contribution < -0.4 is 0 Å².